The van der Waals surface area contributed by atoms with Gasteiger partial charge in [-0.3, -0.25) is 4.79 Å². The predicted molar refractivity (Wildman–Crippen MR) is 80.7 cm³/mol. The first kappa shape index (κ1) is 16.6. The van der Waals surface area contributed by atoms with Crippen LogP contribution in [0.4, 0.5) is 5.69 Å². The maximum Gasteiger partial charge on any atom is 0.244 e. The molecule has 0 fully saturated rings. The lowest BCUT2D eigenvalue weighted by Gasteiger charge is -2.23. The third-order valence-electron chi connectivity index (χ3n) is 3.01. The molecule has 3 N–H and O–H groups in total. The first-order chi connectivity index (χ1) is 9.35. The quantitative estimate of drug-likeness (QED) is 0.847. The van der Waals surface area contributed by atoms with Gasteiger partial charge >= 0.3 is 0 Å². The van der Waals surface area contributed by atoms with Gasteiger partial charge in [0.2, 0.25) is 5.91 Å². The van der Waals surface area contributed by atoms with Crippen molar-refractivity contribution in [2.24, 2.45) is 5.73 Å². The molecule has 0 saturated carbocycles. The van der Waals surface area contributed by atoms with Crippen LogP contribution >= 0.6 is 11.6 Å². The monoisotopic (exact) mass is 300 g/mol. The number of nitrogens with two attached hydrogens (primary N) is 1. The molecule has 0 radical (unpaired) electrons. The molecule has 1 unspecified atom stereocenters. The number of anilines is 1. The van der Waals surface area contributed by atoms with Crippen molar-refractivity contribution in [3.05, 3.63) is 17.2 Å². The molecule has 1 rings (SSSR count). The second-order valence-corrected chi connectivity index (χ2v) is 5.22. The predicted octanol–water partition coefficient (Wildman–Crippen LogP) is 2.81. The third kappa shape index (κ3) is 3.77. The van der Waals surface area contributed by atoms with Crippen LogP contribution in [-0.4, -0.2) is 25.7 Å². The molecule has 0 spiro atoms. The SMILES string of the molecule is CCCC(C)(N)C(=O)Nc1cc(OC)c(Cl)cc1OC. The molecule has 1 aromatic rings. The van der Waals surface area contributed by atoms with E-state index in [9.17, 15) is 4.79 Å². The molecule has 0 aromatic heterocycles. The van der Waals surface area contributed by atoms with Gasteiger partial charge in [-0.25, -0.2) is 0 Å². The highest BCUT2D eigenvalue weighted by atomic mass is 35.5. The molecular weight excluding hydrogens is 280 g/mol. The van der Waals surface area contributed by atoms with Crippen molar-refractivity contribution in [2.45, 2.75) is 32.2 Å². The fourth-order valence-corrected chi connectivity index (χ4v) is 2.09. The van der Waals surface area contributed by atoms with Gasteiger partial charge in [0.25, 0.3) is 0 Å². The number of carbonyl (C=O) groups is 1. The Kier molecular flexibility index (Phi) is 5.65. The first-order valence-corrected chi connectivity index (χ1v) is 6.75. The Balaban J connectivity index is 3.05. The highest BCUT2D eigenvalue weighted by Crippen LogP contribution is 2.36. The van der Waals surface area contributed by atoms with Gasteiger partial charge in [-0.2, -0.15) is 0 Å². The van der Waals surface area contributed by atoms with E-state index in [2.05, 4.69) is 5.32 Å². The molecule has 0 aliphatic rings. The minimum Gasteiger partial charge on any atom is -0.495 e. The van der Waals surface area contributed by atoms with E-state index in [-0.39, 0.29) is 5.91 Å². The van der Waals surface area contributed by atoms with E-state index < -0.39 is 5.54 Å². The van der Waals surface area contributed by atoms with Crippen LogP contribution in [-0.2, 0) is 4.79 Å². The van der Waals surface area contributed by atoms with Gasteiger partial charge in [0.05, 0.1) is 30.5 Å². The molecule has 1 aromatic carbocycles. The Labute approximate surface area is 124 Å². The lowest BCUT2D eigenvalue weighted by atomic mass is 9.96. The smallest absolute Gasteiger partial charge is 0.244 e. The van der Waals surface area contributed by atoms with E-state index in [1.807, 2.05) is 6.92 Å². The molecule has 112 valence electrons. The molecule has 6 heteroatoms. The zero-order valence-corrected chi connectivity index (χ0v) is 13.0. The van der Waals surface area contributed by atoms with E-state index in [4.69, 9.17) is 26.8 Å². The van der Waals surface area contributed by atoms with Crippen molar-refractivity contribution in [1.82, 2.24) is 0 Å². The maximum atomic E-state index is 12.2. The average molecular weight is 301 g/mol. The molecule has 0 aliphatic heterocycles. The summed E-state index contributed by atoms with van der Waals surface area (Å²) in [6.07, 6.45) is 1.41. The summed E-state index contributed by atoms with van der Waals surface area (Å²) in [6, 6.07) is 3.20. The fraction of sp³-hybridized carbons (Fsp3) is 0.500. The fourth-order valence-electron chi connectivity index (χ4n) is 1.86. The van der Waals surface area contributed by atoms with Crippen LogP contribution in [0.5, 0.6) is 11.5 Å². The highest BCUT2D eigenvalue weighted by Gasteiger charge is 2.28. The number of halogens is 1. The largest absolute Gasteiger partial charge is 0.495 e. The van der Waals surface area contributed by atoms with Gasteiger partial charge in [-0.1, -0.05) is 24.9 Å². The number of methoxy groups -OCH3 is 2. The Morgan fingerprint density at radius 1 is 1.35 bits per heavy atom. The molecule has 0 bridgehead atoms. The molecule has 1 amide bonds. The van der Waals surface area contributed by atoms with Gasteiger partial charge < -0.3 is 20.5 Å². The van der Waals surface area contributed by atoms with Gasteiger partial charge in [-0.05, 0) is 13.3 Å². The molecule has 5 nitrogen and oxygen atoms in total. The van der Waals surface area contributed by atoms with E-state index in [1.165, 1.54) is 14.2 Å². The second kappa shape index (κ2) is 6.81. The maximum absolute atomic E-state index is 12.2. The molecule has 0 aliphatic carbocycles. The number of amides is 1. The summed E-state index contributed by atoms with van der Waals surface area (Å²) < 4.78 is 10.3. The molecular formula is C14H21ClN2O3. The van der Waals surface area contributed by atoms with Crippen molar-refractivity contribution in [1.29, 1.82) is 0 Å². The number of rotatable bonds is 6. The van der Waals surface area contributed by atoms with Crippen LogP contribution < -0.4 is 20.5 Å². The van der Waals surface area contributed by atoms with Crippen LogP contribution in [0.2, 0.25) is 5.02 Å². The zero-order chi connectivity index (χ0) is 15.3. The number of hydrogen-bond acceptors (Lipinski definition) is 4. The summed E-state index contributed by atoms with van der Waals surface area (Å²) >= 11 is 6.01. The summed E-state index contributed by atoms with van der Waals surface area (Å²) in [6.45, 7) is 3.68. The number of ether oxygens (including phenoxy) is 2. The van der Waals surface area contributed by atoms with Gasteiger partial charge in [-0.15, -0.1) is 0 Å². The first-order valence-electron chi connectivity index (χ1n) is 6.37. The summed E-state index contributed by atoms with van der Waals surface area (Å²) in [4.78, 5) is 12.2. The topological polar surface area (TPSA) is 73.6 Å². The van der Waals surface area contributed by atoms with E-state index in [0.29, 0.717) is 28.6 Å². The summed E-state index contributed by atoms with van der Waals surface area (Å²) in [7, 11) is 3.00. The van der Waals surface area contributed by atoms with Crippen LogP contribution in [0.15, 0.2) is 12.1 Å². The average Bonchev–Trinajstić information content (AvgIpc) is 2.39. The number of carbonyl (C=O) groups excluding carboxylic acids is 1. The Morgan fingerprint density at radius 3 is 2.45 bits per heavy atom. The number of benzene rings is 1. The van der Waals surface area contributed by atoms with Crippen LogP contribution in [0, 0.1) is 0 Å². The van der Waals surface area contributed by atoms with E-state index >= 15 is 0 Å². The standard InChI is InChI=1S/C14H21ClN2O3/c1-5-6-14(2,16)13(18)17-10-8-11(19-3)9(15)7-12(10)20-4/h7-8H,5-6,16H2,1-4H3,(H,17,18). The van der Waals surface area contributed by atoms with E-state index in [1.54, 1.807) is 19.1 Å². The number of hydrogen-bond donors (Lipinski definition) is 2. The lowest BCUT2D eigenvalue weighted by Crippen LogP contribution is -2.48. The van der Waals surface area contributed by atoms with Gasteiger partial charge in [0.15, 0.2) is 0 Å². The Bertz CT molecular complexity index is 490. The Hall–Kier alpha value is -1.46. The third-order valence-corrected chi connectivity index (χ3v) is 3.31. The molecule has 0 heterocycles. The number of nitrogens with one attached hydrogen (secondary N) is 1. The van der Waals surface area contributed by atoms with Crippen molar-refractivity contribution in [3.8, 4) is 11.5 Å². The van der Waals surface area contributed by atoms with Crippen LogP contribution in [0.3, 0.4) is 0 Å². The van der Waals surface area contributed by atoms with Crippen molar-refractivity contribution < 1.29 is 14.3 Å². The van der Waals surface area contributed by atoms with Crippen LogP contribution in [0.25, 0.3) is 0 Å². The molecule has 0 saturated heterocycles. The molecule has 20 heavy (non-hydrogen) atoms. The summed E-state index contributed by atoms with van der Waals surface area (Å²) in [5, 5.41) is 3.17. The second-order valence-electron chi connectivity index (χ2n) is 4.81. The van der Waals surface area contributed by atoms with Gasteiger partial charge in [0.1, 0.15) is 11.5 Å². The van der Waals surface area contributed by atoms with Crippen molar-refractivity contribution >= 4 is 23.2 Å². The van der Waals surface area contributed by atoms with Gasteiger partial charge in [0, 0.05) is 12.1 Å². The summed E-state index contributed by atoms with van der Waals surface area (Å²) in [5.74, 6) is 0.635. The summed E-state index contributed by atoms with van der Waals surface area (Å²) in [5.41, 5.74) is 5.54. The normalized spacial score (nSPS) is 13.5. The van der Waals surface area contributed by atoms with Crippen LogP contribution in [0.1, 0.15) is 26.7 Å². The van der Waals surface area contributed by atoms with E-state index in [0.717, 1.165) is 6.42 Å². The lowest BCUT2D eigenvalue weighted by molar-refractivity contribution is -0.120. The highest BCUT2D eigenvalue weighted by molar-refractivity contribution is 6.32. The zero-order valence-electron chi connectivity index (χ0n) is 12.2. The Morgan fingerprint density at radius 2 is 1.95 bits per heavy atom. The molecule has 1 atom stereocenters. The minimum absolute atomic E-state index is 0.276. The van der Waals surface area contributed by atoms with Crippen molar-refractivity contribution in [3.63, 3.8) is 0 Å². The minimum atomic E-state index is -0.938. The van der Waals surface area contributed by atoms with Crippen molar-refractivity contribution in [2.75, 3.05) is 19.5 Å².